The van der Waals surface area contributed by atoms with Gasteiger partial charge in [0.25, 0.3) is 5.91 Å². The summed E-state index contributed by atoms with van der Waals surface area (Å²) < 4.78 is 9.85. The van der Waals surface area contributed by atoms with E-state index in [1.807, 2.05) is 0 Å². The van der Waals surface area contributed by atoms with E-state index in [9.17, 15) is 14.4 Å². The van der Waals surface area contributed by atoms with E-state index >= 15 is 0 Å². The Hall–Kier alpha value is -2.86. The summed E-state index contributed by atoms with van der Waals surface area (Å²) in [6, 6.07) is 12.7. The molecule has 0 spiro atoms. The van der Waals surface area contributed by atoms with Crippen LogP contribution in [0.4, 0.5) is 5.69 Å². The number of carbonyl (C=O) groups is 3. The quantitative estimate of drug-likeness (QED) is 0.778. The molecule has 7 heteroatoms. The van der Waals surface area contributed by atoms with Gasteiger partial charge in [-0.05, 0) is 50.2 Å². The molecular formula is C19H18ClNO5. The zero-order valence-corrected chi connectivity index (χ0v) is 15.1. The third-order valence-corrected chi connectivity index (χ3v) is 3.44. The standard InChI is InChI=1S/C19H18ClNO5/c1-12(2)26-17(22)11-25-19(24)15-5-3-4-6-16(15)21-18(23)13-7-9-14(20)10-8-13/h3-10,12H,11H2,1-2H3,(H,21,23). The van der Waals surface area contributed by atoms with Crippen molar-refractivity contribution in [3.05, 3.63) is 64.7 Å². The number of amides is 1. The largest absolute Gasteiger partial charge is 0.460 e. The molecule has 0 fully saturated rings. The van der Waals surface area contributed by atoms with E-state index in [1.165, 1.54) is 6.07 Å². The van der Waals surface area contributed by atoms with Gasteiger partial charge >= 0.3 is 11.9 Å². The van der Waals surface area contributed by atoms with Gasteiger partial charge in [-0.25, -0.2) is 9.59 Å². The van der Waals surface area contributed by atoms with Crippen molar-refractivity contribution in [3.8, 4) is 0 Å². The molecule has 0 aliphatic rings. The first-order valence-corrected chi connectivity index (χ1v) is 8.27. The van der Waals surface area contributed by atoms with E-state index in [4.69, 9.17) is 21.1 Å². The zero-order chi connectivity index (χ0) is 19.1. The highest BCUT2D eigenvalue weighted by Gasteiger charge is 2.17. The molecule has 0 aromatic heterocycles. The molecule has 0 aliphatic heterocycles. The normalized spacial score (nSPS) is 10.3. The van der Waals surface area contributed by atoms with E-state index in [2.05, 4.69) is 5.32 Å². The van der Waals surface area contributed by atoms with Gasteiger partial charge in [-0.15, -0.1) is 0 Å². The number of carbonyl (C=O) groups excluding carboxylic acids is 3. The highest BCUT2D eigenvalue weighted by atomic mass is 35.5. The molecule has 26 heavy (non-hydrogen) atoms. The summed E-state index contributed by atoms with van der Waals surface area (Å²) >= 11 is 5.80. The maximum atomic E-state index is 12.3. The van der Waals surface area contributed by atoms with Gasteiger partial charge in [0.1, 0.15) is 0 Å². The summed E-state index contributed by atoms with van der Waals surface area (Å²) in [5, 5.41) is 3.16. The van der Waals surface area contributed by atoms with Gasteiger partial charge in [0.2, 0.25) is 0 Å². The molecule has 0 saturated carbocycles. The summed E-state index contributed by atoms with van der Waals surface area (Å²) in [6.07, 6.45) is -0.299. The molecule has 2 rings (SSSR count). The van der Waals surface area contributed by atoms with Gasteiger partial charge in [0, 0.05) is 10.6 Å². The van der Waals surface area contributed by atoms with Crippen molar-refractivity contribution in [1.82, 2.24) is 0 Å². The maximum Gasteiger partial charge on any atom is 0.344 e. The minimum atomic E-state index is -0.738. The fourth-order valence-electron chi connectivity index (χ4n) is 2.06. The highest BCUT2D eigenvalue weighted by Crippen LogP contribution is 2.18. The third kappa shape index (κ3) is 5.60. The topological polar surface area (TPSA) is 81.7 Å². The summed E-state index contributed by atoms with van der Waals surface area (Å²) in [7, 11) is 0. The van der Waals surface area contributed by atoms with Crippen LogP contribution in [-0.4, -0.2) is 30.6 Å². The van der Waals surface area contributed by atoms with Crippen molar-refractivity contribution in [3.63, 3.8) is 0 Å². The van der Waals surface area contributed by atoms with Gasteiger partial charge in [-0.1, -0.05) is 23.7 Å². The Bertz CT molecular complexity index is 802. The number of nitrogens with one attached hydrogen (secondary N) is 1. The number of benzene rings is 2. The minimum Gasteiger partial charge on any atom is -0.460 e. The van der Waals surface area contributed by atoms with Crippen molar-refractivity contribution in [2.75, 3.05) is 11.9 Å². The average Bonchev–Trinajstić information content (AvgIpc) is 2.60. The molecular weight excluding hydrogens is 358 g/mol. The first-order valence-electron chi connectivity index (χ1n) is 7.89. The lowest BCUT2D eigenvalue weighted by molar-refractivity contribution is -0.150. The fourth-order valence-corrected chi connectivity index (χ4v) is 2.19. The van der Waals surface area contributed by atoms with Gasteiger partial charge in [0.15, 0.2) is 6.61 Å². The van der Waals surface area contributed by atoms with E-state index in [1.54, 1.807) is 56.3 Å². The van der Waals surface area contributed by atoms with Crippen LogP contribution in [0.1, 0.15) is 34.6 Å². The van der Waals surface area contributed by atoms with Gasteiger partial charge in [-0.2, -0.15) is 0 Å². The van der Waals surface area contributed by atoms with Gasteiger partial charge in [0.05, 0.1) is 17.4 Å². The van der Waals surface area contributed by atoms with Crippen molar-refractivity contribution in [1.29, 1.82) is 0 Å². The van der Waals surface area contributed by atoms with Gasteiger partial charge in [-0.3, -0.25) is 4.79 Å². The van der Waals surface area contributed by atoms with Crippen LogP contribution in [0.5, 0.6) is 0 Å². The summed E-state index contributed by atoms with van der Waals surface area (Å²) in [5.74, 6) is -1.78. The second-order valence-corrected chi connectivity index (χ2v) is 6.06. The number of halogens is 1. The van der Waals surface area contributed by atoms with Crippen molar-refractivity contribution in [2.24, 2.45) is 0 Å². The van der Waals surface area contributed by atoms with E-state index in [0.29, 0.717) is 10.6 Å². The monoisotopic (exact) mass is 375 g/mol. The lowest BCUT2D eigenvalue weighted by Crippen LogP contribution is -2.21. The minimum absolute atomic E-state index is 0.132. The molecule has 1 amide bonds. The molecule has 2 aromatic carbocycles. The molecule has 0 heterocycles. The maximum absolute atomic E-state index is 12.3. The number of hydrogen-bond acceptors (Lipinski definition) is 5. The van der Waals surface area contributed by atoms with Crippen molar-refractivity contribution in [2.45, 2.75) is 20.0 Å². The Balaban J connectivity index is 2.07. The Morgan fingerprint density at radius 3 is 2.35 bits per heavy atom. The Morgan fingerprint density at radius 2 is 1.69 bits per heavy atom. The predicted molar refractivity (Wildman–Crippen MR) is 97.4 cm³/mol. The Labute approximate surface area is 156 Å². The molecule has 0 radical (unpaired) electrons. The molecule has 1 N–H and O–H groups in total. The lowest BCUT2D eigenvalue weighted by Gasteiger charge is -2.12. The summed E-state index contributed by atoms with van der Waals surface area (Å²) in [6.45, 7) is 2.89. The van der Waals surface area contributed by atoms with Crippen molar-refractivity contribution < 1.29 is 23.9 Å². The fraction of sp³-hybridized carbons (Fsp3) is 0.211. The van der Waals surface area contributed by atoms with Crippen LogP contribution in [0.15, 0.2) is 48.5 Å². The van der Waals surface area contributed by atoms with Crippen LogP contribution in [-0.2, 0) is 14.3 Å². The van der Waals surface area contributed by atoms with Crippen LogP contribution in [0.2, 0.25) is 5.02 Å². The van der Waals surface area contributed by atoms with E-state index < -0.39 is 24.5 Å². The third-order valence-electron chi connectivity index (χ3n) is 3.19. The first-order chi connectivity index (χ1) is 12.4. The molecule has 136 valence electrons. The Morgan fingerprint density at radius 1 is 1.04 bits per heavy atom. The first kappa shape index (κ1) is 19.5. The number of anilines is 1. The average molecular weight is 376 g/mol. The molecule has 0 aliphatic carbocycles. The van der Waals surface area contributed by atoms with Gasteiger partial charge < -0.3 is 14.8 Å². The summed E-state index contributed by atoms with van der Waals surface area (Å²) in [4.78, 5) is 36.0. The number of esters is 2. The van der Waals surface area contributed by atoms with Crippen LogP contribution >= 0.6 is 11.6 Å². The van der Waals surface area contributed by atoms with Crippen LogP contribution in [0.25, 0.3) is 0 Å². The molecule has 2 aromatic rings. The number of ether oxygens (including phenoxy) is 2. The second-order valence-electron chi connectivity index (χ2n) is 5.62. The second kappa shape index (κ2) is 9.01. The number of hydrogen-bond donors (Lipinski definition) is 1. The molecule has 0 bridgehead atoms. The number of para-hydroxylation sites is 1. The molecule has 0 unspecified atom stereocenters. The smallest absolute Gasteiger partial charge is 0.344 e. The lowest BCUT2D eigenvalue weighted by atomic mass is 10.1. The molecule has 0 saturated heterocycles. The van der Waals surface area contributed by atoms with E-state index in [-0.39, 0.29) is 17.4 Å². The van der Waals surface area contributed by atoms with Crippen LogP contribution in [0.3, 0.4) is 0 Å². The zero-order valence-electron chi connectivity index (χ0n) is 14.3. The van der Waals surface area contributed by atoms with Crippen molar-refractivity contribution >= 4 is 35.1 Å². The van der Waals surface area contributed by atoms with E-state index in [0.717, 1.165) is 0 Å². The SMILES string of the molecule is CC(C)OC(=O)COC(=O)c1ccccc1NC(=O)c1ccc(Cl)cc1. The number of rotatable bonds is 6. The summed E-state index contributed by atoms with van der Waals surface area (Å²) in [5.41, 5.74) is 0.792. The Kier molecular flexibility index (Phi) is 6.74. The molecule has 6 nitrogen and oxygen atoms in total. The highest BCUT2D eigenvalue weighted by molar-refractivity contribution is 6.30. The predicted octanol–water partition coefficient (Wildman–Crippen LogP) is 3.70. The molecule has 0 atom stereocenters. The van der Waals surface area contributed by atoms with Crippen LogP contribution in [0, 0.1) is 0 Å². The van der Waals surface area contributed by atoms with Crippen LogP contribution < -0.4 is 5.32 Å².